The van der Waals surface area contributed by atoms with Gasteiger partial charge in [0.1, 0.15) is 12.3 Å². The zero-order chi connectivity index (χ0) is 19.7. The van der Waals surface area contributed by atoms with E-state index < -0.39 is 0 Å². The molecule has 1 saturated heterocycles. The maximum Gasteiger partial charge on any atom is 0.265 e. The fraction of sp³-hybridized carbons (Fsp3) is 0.250. The summed E-state index contributed by atoms with van der Waals surface area (Å²) >= 11 is 7.70. The number of halogens is 1. The van der Waals surface area contributed by atoms with Gasteiger partial charge in [-0.25, -0.2) is 4.99 Å². The number of carbonyl (C=O) groups excluding carboxylic acids is 2. The first-order chi connectivity index (χ1) is 13.5. The van der Waals surface area contributed by atoms with Gasteiger partial charge in [0, 0.05) is 17.3 Å². The second-order valence-corrected chi connectivity index (χ2v) is 7.88. The Morgan fingerprint density at radius 3 is 2.93 bits per heavy atom. The molecule has 0 atom stereocenters. The number of hydrogen-bond donors (Lipinski definition) is 0. The Hall–Kier alpha value is -2.51. The third kappa shape index (κ3) is 3.59. The van der Waals surface area contributed by atoms with E-state index in [0.29, 0.717) is 28.2 Å². The van der Waals surface area contributed by atoms with Gasteiger partial charge in [-0.1, -0.05) is 41.6 Å². The van der Waals surface area contributed by atoms with Crippen molar-refractivity contribution in [2.75, 3.05) is 30.3 Å². The topological polar surface area (TPSA) is 62.2 Å². The highest BCUT2D eigenvalue weighted by atomic mass is 35.5. The molecule has 0 saturated carbocycles. The van der Waals surface area contributed by atoms with E-state index >= 15 is 0 Å². The molecule has 0 aromatic heterocycles. The zero-order valence-electron chi connectivity index (χ0n) is 15.2. The van der Waals surface area contributed by atoms with Crippen molar-refractivity contribution in [3.63, 3.8) is 0 Å². The van der Waals surface area contributed by atoms with Crippen molar-refractivity contribution >= 4 is 51.7 Å². The number of ether oxygens (including phenoxy) is 1. The lowest BCUT2D eigenvalue weighted by Crippen LogP contribution is -2.46. The molecule has 8 heteroatoms. The van der Waals surface area contributed by atoms with Crippen LogP contribution >= 0.6 is 23.4 Å². The molecule has 144 valence electrons. The van der Waals surface area contributed by atoms with Crippen molar-refractivity contribution < 1.29 is 14.3 Å². The van der Waals surface area contributed by atoms with Gasteiger partial charge < -0.3 is 4.74 Å². The number of nitrogens with zero attached hydrogens (tertiary/aromatic N) is 3. The monoisotopic (exact) mass is 415 g/mol. The highest BCUT2D eigenvalue weighted by Gasteiger charge is 2.32. The number of fused-ring (bicyclic) bond motifs is 1. The molecular weight excluding hydrogens is 398 g/mol. The lowest BCUT2D eigenvalue weighted by Gasteiger charge is -2.30. The van der Waals surface area contributed by atoms with E-state index in [4.69, 9.17) is 16.3 Å². The Morgan fingerprint density at radius 1 is 1.25 bits per heavy atom. The molecule has 28 heavy (non-hydrogen) atoms. The van der Waals surface area contributed by atoms with Crippen LogP contribution in [0.2, 0.25) is 5.02 Å². The molecule has 0 unspecified atom stereocenters. The average molecular weight is 416 g/mol. The molecule has 0 bridgehead atoms. The standard InChI is InChI=1S/C20H18ClN3O3S/c1-13-14(21)5-4-6-15(13)22-20-23(9-10-28-20)18(25)11-24-16-7-2-3-8-17(16)27-12-19(24)26/h2-8H,9-12H2,1H3. The summed E-state index contributed by atoms with van der Waals surface area (Å²) in [6.07, 6.45) is 0. The summed E-state index contributed by atoms with van der Waals surface area (Å²) in [5, 5.41) is 1.27. The average Bonchev–Trinajstić information content (AvgIpc) is 3.16. The first kappa shape index (κ1) is 18.8. The van der Waals surface area contributed by atoms with Crippen molar-refractivity contribution in [3.8, 4) is 5.75 Å². The van der Waals surface area contributed by atoms with E-state index in [-0.39, 0.29) is 25.0 Å². The van der Waals surface area contributed by atoms with E-state index in [1.165, 1.54) is 16.7 Å². The van der Waals surface area contributed by atoms with Crippen LogP contribution in [0.5, 0.6) is 5.75 Å². The van der Waals surface area contributed by atoms with Gasteiger partial charge >= 0.3 is 0 Å². The summed E-state index contributed by atoms with van der Waals surface area (Å²) in [4.78, 5) is 33.1. The maximum absolute atomic E-state index is 13.0. The van der Waals surface area contributed by atoms with Gasteiger partial charge in [0.05, 0.1) is 11.4 Å². The largest absolute Gasteiger partial charge is 0.482 e. The quantitative estimate of drug-likeness (QED) is 0.767. The van der Waals surface area contributed by atoms with Gasteiger partial charge in [-0.2, -0.15) is 0 Å². The predicted molar refractivity (Wildman–Crippen MR) is 112 cm³/mol. The number of anilines is 1. The number of benzene rings is 2. The Morgan fingerprint density at radius 2 is 2.07 bits per heavy atom. The molecular formula is C20H18ClN3O3S. The second-order valence-electron chi connectivity index (χ2n) is 6.41. The van der Waals surface area contributed by atoms with Crippen LogP contribution in [0.3, 0.4) is 0 Å². The normalized spacial score (nSPS) is 17.6. The number of aliphatic imine (C=N–C) groups is 1. The molecule has 2 aliphatic heterocycles. The third-order valence-corrected chi connectivity index (χ3v) is 6.00. The Balaban J connectivity index is 1.57. The smallest absolute Gasteiger partial charge is 0.265 e. The van der Waals surface area contributed by atoms with Gasteiger partial charge in [-0.15, -0.1) is 0 Å². The summed E-state index contributed by atoms with van der Waals surface area (Å²) < 4.78 is 5.44. The first-order valence-electron chi connectivity index (χ1n) is 8.84. The summed E-state index contributed by atoms with van der Waals surface area (Å²) in [6, 6.07) is 12.7. The van der Waals surface area contributed by atoms with Crippen LogP contribution in [0.1, 0.15) is 5.56 Å². The number of rotatable bonds is 3. The van der Waals surface area contributed by atoms with Crippen LogP contribution in [-0.2, 0) is 9.59 Å². The van der Waals surface area contributed by atoms with Crippen molar-refractivity contribution in [2.45, 2.75) is 6.92 Å². The molecule has 0 aliphatic carbocycles. The molecule has 4 rings (SSSR count). The van der Waals surface area contributed by atoms with E-state index in [2.05, 4.69) is 4.99 Å². The van der Waals surface area contributed by atoms with Crippen molar-refractivity contribution in [2.24, 2.45) is 4.99 Å². The molecule has 0 radical (unpaired) electrons. The van der Waals surface area contributed by atoms with Crippen LogP contribution in [0, 0.1) is 6.92 Å². The lowest BCUT2D eigenvalue weighted by atomic mass is 10.2. The van der Waals surface area contributed by atoms with Crippen molar-refractivity contribution in [3.05, 3.63) is 53.1 Å². The van der Waals surface area contributed by atoms with Crippen LogP contribution in [-0.4, -0.2) is 47.3 Å². The predicted octanol–water partition coefficient (Wildman–Crippen LogP) is 3.64. The number of thioether (sulfide) groups is 1. The van der Waals surface area contributed by atoms with Gasteiger partial charge in [0.15, 0.2) is 11.8 Å². The van der Waals surface area contributed by atoms with Gasteiger partial charge in [-0.05, 0) is 36.8 Å². The van der Waals surface area contributed by atoms with Crippen LogP contribution in [0.25, 0.3) is 0 Å². The Bertz CT molecular complexity index is 979. The molecule has 2 aromatic carbocycles. The van der Waals surface area contributed by atoms with Crippen LogP contribution < -0.4 is 9.64 Å². The molecule has 2 aliphatic rings. The molecule has 0 N–H and O–H groups in total. The summed E-state index contributed by atoms with van der Waals surface area (Å²) in [6.45, 7) is 2.34. The molecule has 1 fully saturated rings. The summed E-state index contributed by atoms with van der Waals surface area (Å²) in [5.74, 6) is 0.961. The maximum atomic E-state index is 13.0. The number of amides is 2. The van der Waals surface area contributed by atoms with Crippen molar-refractivity contribution in [1.82, 2.24) is 4.90 Å². The van der Waals surface area contributed by atoms with Gasteiger partial charge in [-0.3, -0.25) is 19.4 Å². The minimum atomic E-state index is -0.233. The van der Waals surface area contributed by atoms with Crippen LogP contribution in [0.15, 0.2) is 47.5 Å². The summed E-state index contributed by atoms with van der Waals surface area (Å²) in [5.41, 5.74) is 2.22. The molecule has 2 amide bonds. The zero-order valence-corrected chi connectivity index (χ0v) is 16.8. The van der Waals surface area contributed by atoms with E-state index in [0.717, 1.165) is 17.0 Å². The number of carbonyl (C=O) groups is 2. The van der Waals surface area contributed by atoms with E-state index in [9.17, 15) is 9.59 Å². The SMILES string of the molecule is Cc1c(Cl)cccc1N=C1SCCN1C(=O)CN1C(=O)COc2ccccc21. The fourth-order valence-corrected chi connectivity index (χ4v) is 4.23. The lowest BCUT2D eigenvalue weighted by molar-refractivity contribution is -0.128. The van der Waals surface area contributed by atoms with E-state index in [1.807, 2.05) is 37.3 Å². The molecule has 0 spiro atoms. The van der Waals surface area contributed by atoms with Crippen LogP contribution in [0.4, 0.5) is 11.4 Å². The van der Waals surface area contributed by atoms with Gasteiger partial charge in [0.2, 0.25) is 5.91 Å². The number of para-hydroxylation sites is 2. The molecule has 2 aromatic rings. The van der Waals surface area contributed by atoms with Gasteiger partial charge in [0.25, 0.3) is 5.91 Å². The fourth-order valence-electron chi connectivity index (χ4n) is 3.09. The summed E-state index contributed by atoms with van der Waals surface area (Å²) in [7, 11) is 0. The molecule has 2 heterocycles. The second kappa shape index (κ2) is 7.85. The number of amidine groups is 1. The van der Waals surface area contributed by atoms with Crippen molar-refractivity contribution in [1.29, 1.82) is 0 Å². The van der Waals surface area contributed by atoms with E-state index in [1.54, 1.807) is 17.0 Å². The first-order valence-corrected chi connectivity index (χ1v) is 10.2. The minimum Gasteiger partial charge on any atom is -0.482 e. The Labute approximate surface area is 172 Å². The third-order valence-electron chi connectivity index (χ3n) is 4.63. The number of hydrogen-bond acceptors (Lipinski definition) is 5. The molecule has 6 nitrogen and oxygen atoms in total. The minimum absolute atomic E-state index is 0.0483. The highest BCUT2D eigenvalue weighted by molar-refractivity contribution is 8.14. The highest BCUT2D eigenvalue weighted by Crippen LogP contribution is 2.32. The Kier molecular flexibility index (Phi) is 5.28.